The van der Waals surface area contributed by atoms with Crippen LogP contribution in [-0.4, -0.2) is 10.5 Å². The quantitative estimate of drug-likeness (QED) is 0.480. The number of aromatic nitrogens is 1. The van der Waals surface area contributed by atoms with Crippen LogP contribution in [0.2, 0.25) is 5.02 Å². The molecule has 0 fully saturated rings. The van der Waals surface area contributed by atoms with Crippen LogP contribution in [0.3, 0.4) is 0 Å². The predicted octanol–water partition coefficient (Wildman–Crippen LogP) is 5.91. The number of para-hydroxylation sites is 1. The molecule has 2 aromatic carbocycles. The number of benzene rings is 2. The molecule has 4 rings (SSSR count). The normalized spacial score (nSPS) is 11.0. The third kappa shape index (κ3) is 2.95. The number of amides is 1. The Labute approximate surface area is 154 Å². The Morgan fingerprint density at radius 3 is 2.76 bits per heavy atom. The van der Waals surface area contributed by atoms with Crippen LogP contribution in [0.15, 0.2) is 66.9 Å². The van der Waals surface area contributed by atoms with Crippen molar-refractivity contribution in [3.8, 4) is 5.00 Å². The first-order chi connectivity index (χ1) is 12.1. The smallest absolute Gasteiger partial charge is 0.265 e. The Bertz CT molecular complexity index is 1080. The van der Waals surface area contributed by atoms with Crippen LogP contribution in [0.4, 0.5) is 5.69 Å². The molecule has 0 spiro atoms. The summed E-state index contributed by atoms with van der Waals surface area (Å²) in [5.74, 6) is -0.127. The van der Waals surface area contributed by atoms with Crippen molar-refractivity contribution in [2.75, 3.05) is 5.32 Å². The van der Waals surface area contributed by atoms with Crippen molar-refractivity contribution in [2.24, 2.45) is 0 Å². The lowest BCUT2D eigenvalue weighted by Gasteiger charge is -2.08. The maximum absolute atomic E-state index is 12.6. The molecule has 4 aromatic rings. The first-order valence-electron chi connectivity index (χ1n) is 7.86. The number of carbonyl (C=O) groups excluding carboxylic acids is 1. The fraction of sp³-hybridized carbons (Fsp3) is 0.0500. The fourth-order valence-electron chi connectivity index (χ4n) is 2.78. The molecule has 2 aromatic heterocycles. The van der Waals surface area contributed by atoms with Gasteiger partial charge < -0.3 is 9.88 Å². The third-order valence-electron chi connectivity index (χ3n) is 4.17. The Morgan fingerprint density at radius 2 is 1.88 bits per heavy atom. The van der Waals surface area contributed by atoms with Crippen LogP contribution in [-0.2, 0) is 0 Å². The zero-order valence-electron chi connectivity index (χ0n) is 13.5. The van der Waals surface area contributed by atoms with Gasteiger partial charge in [-0.2, -0.15) is 0 Å². The summed E-state index contributed by atoms with van der Waals surface area (Å²) >= 11 is 7.58. The molecule has 1 amide bonds. The minimum Gasteiger partial charge on any atom is -0.321 e. The van der Waals surface area contributed by atoms with Gasteiger partial charge in [-0.25, -0.2) is 0 Å². The summed E-state index contributed by atoms with van der Waals surface area (Å²) in [6.07, 6.45) is 2.03. The summed E-state index contributed by atoms with van der Waals surface area (Å²) in [4.78, 5) is 13.2. The molecule has 3 nitrogen and oxygen atoms in total. The zero-order valence-corrected chi connectivity index (χ0v) is 15.1. The Hall–Kier alpha value is -2.56. The molecular formula is C20H15ClN2OS. The van der Waals surface area contributed by atoms with Gasteiger partial charge in [0.15, 0.2) is 0 Å². The van der Waals surface area contributed by atoms with Crippen molar-refractivity contribution in [3.63, 3.8) is 0 Å². The molecule has 0 aliphatic heterocycles. The van der Waals surface area contributed by atoms with E-state index in [0.29, 0.717) is 9.90 Å². The second kappa shape index (κ2) is 6.39. The summed E-state index contributed by atoms with van der Waals surface area (Å²) in [6, 6.07) is 19.6. The van der Waals surface area contributed by atoms with E-state index in [1.807, 2.05) is 55.6 Å². The van der Waals surface area contributed by atoms with Crippen LogP contribution in [0, 0.1) is 6.92 Å². The lowest BCUT2D eigenvalue weighted by Crippen LogP contribution is -2.11. The van der Waals surface area contributed by atoms with Crippen LogP contribution >= 0.6 is 22.9 Å². The molecule has 0 atom stereocenters. The van der Waals surface area contributed by atoms with Gasteiger partial charge in [0.2, 0.25) is 0 Å². The van der Waals surface area contributed by atoms with Gasteiger partial charge in [-0.1, -0.05) is 35.9 Å². The van der Waals surface area contributed by atoms with Crippen LogP contribution in [0.5, 0.6) is 0 Å². The maximum Gasteiger partial charge on any atom is 0.265 e. The van der Waals surface area contributed by atoms with E-state index in [9.17, 15) is 4.79 Å². The summed E-state index contributed by atoms with van der Waals surface area (Å²) in [5.41, 5.74) is 2.73. The van der Waals surface area contributed by atoms with E-state index in [2.05, 4.69) is 28.1 Å². The minimum atomic E-state index is -0.127. The van der Waals surface area contributed by atoms with E-state index in [4.69, 9.17) is 11.6 Å². The van der Waals surface area contributed by atoms with Gasteiger partial charge in [-0.05, 0) is 54.3 Å². The summed E-state index contributed by atoms with van der Waals surface area (Å²) in [5, 5.41) is 5.77. The number of hydrogen-bond donors (Lipinski definition) is 1. The number of carbonyl (C=O) groups is 1. The van der Waals surface area contributed by atoms with Crippen LogP contribution < -0.4 is 5.32 Å². The number of hydrogen-bond acceptors (Lipinski definition) is 2. The van der Waals surface area contributed by atoms with E-state index in [1.165, 1.54) is 16.7 Å². The van der Waals surface area contributed by atoms with Crippen LogP contribution in [0.1, 0.15) is 15.2 Å². The molecule has 25 heavy (non-hydrogen) atoms. The second-order valence-electron chi connectivity index (χ2n) is 5.75. The summed E-state index contributed by atoms with van der Waals surface area (Å²) in [7, 11) is 0. The van der Waals surface area contributed by atoms with E-state index < -0.39 is 0 Å². The molecule has 0 radical (unpaired) electrons. The van der Waals surface area contributed by atoms with Gasteiger partial charge in [0.1, 0.15) is 5.00 Å². The van der Waals surface area contributed by atoms with Gasteiger partial charge >= 0.3 is 0 Å². The summed E-state index contributed by atoms with van der Waals surface area (Å²) < 4.78 is 2.10. The highest BCUT2D eigenvalue weighted by molar-refractivity contribution is 7.16. The lowest BCUT2D eigenvalue weighted by molar-refractivity contribution is 0.103. The topological polar surface area (TPSA) is 34.0 Å². The van der Waals surface area contributed by atoms with Crippen molar-refractivity contribution in [2.45, 2.75) is 6.92 Å². The largest absolute Gasteiger partial charge is 0.321 e. The van der Waals surface area contributed by atoms with Gasteiger partial charge in [-0.3, -0.25) is 4.79 Å². The van der Waals surface area contributed by atoms with Gasteiger partial charge in [0, 0.05) is 16.9 Å². The van der Waals surface area contributed by atoms with Crippen molar-refractivity contribution < 1.29 is 4.79 Å². The van der Waals surface area contributed by atoms with E-state index in [-0.39, 0.29) is 5.91 Å². The highest BCUT2D eigenvalue weighted by atomic mass is 35.5. The van der Waals surface area contributed by atoms with E-state index in [1.54, 1.807) is 0 Å². The molecule has 0 bridgehead atoms. The Balaban J connectivity index is 1.63. The Kier molecular flexibility index (Phi) is 4.07. The number of rotatable bonds is 3. The number of halogens is 1. The molecule has 0 saturated heterocycles. The average molecular weight is 367 g/mol. The van der Waals surface area contributed by atoms with Crippen molar-refractivity contribution in [1.82, 2.24) is 4.57 Å². The van der Waals surface area contributed by atoms with Crippen LogP contribution in [0.25, 0.3) is 15.9 Å². The highest BCUT2D eigenvalue weighted by Crippen LogP contribution is 2.28. The molecule has 2 heterocycles. The molecule has 0 unspecified atom stereocenters. The predicted molar refractivity (Wildman–Crippen MR) is 105 cm³/mol. The number of fused-ring (bicyclic) bond motifs is 1. The van der Waals surface area contributed by atoms with Crippen molar-refractivity contribution >= 4 is 45.4 Å². The molecule has 5 heteroatoms. The number of anilines is 1. The molecule has 124 valence electrons. The standard InChI is InChI=1S/C20H15ClN2OS/c1-13-15(21)6-4-7-16(13)22-20(24)18-9-10-19(25-18)23-12-11-14-5-2-3-8-17(14)23/h2-12H,1H3,(H,22,24). The second-order valence-corrected chi connectivity index (χ2v) is 7.22. The summed E-state index contributed by atoms with van der Waals surface area (Å²) in [6.45, 7) is 1.89. The van der Waals surface area contributed by atoms with Gasteiger partial charge in [0.25, 0.3) is 5.91 Å². The molecule has 1 N–H and O–H groups in total. The number of nitrogens with one attached hydrogen (secondary N) is 1. The molecule has 0 aliphatic carbocycles. The number of nitrogens with zero attached hydrogens (tertiary/aromatic N) is 1. The SMILES string of the molecule is Cc1c(Cl)cccc1NC(=O)c1ccc(-n2ccc3ccccc32)s1. The Morgan fingerprint density at radius 1 is 1.04 bits per heavy atom. The lowest BCUT2D eigenvalue weighted by atomic mass is 10.2. The van der Waals surface area contributed by atoms with Crippen molar-refractivity contribution in [1.29, 1.82) is 0 Å². The van der Waals surface area contributed by atoms with E-state index >= 15 is 0 Å². The van der Waals surface area contributed by atoms with E-state index in [0.717, 1.165) is 21.8 Å². The van der Waals surface area contributed by atoms with Crippen molar-refractivity contribution in [3.05, 3.63) is 82.3 Å². The minimum absolute atomic E-state index is 0.127. The van der Waals surface area contributed by atoms with Gasteiger partial charge in [-0.15, -0.1) is 11.3 Å². The zero-order chi connectivity index (χ0) is 17.4. The monoisotopic (exact) mass is 366 g/mol. The molecule has 0 aliphatic rings. The first-order valence-corrected chi connectivity index (χ1v) is 9.06. The first kappa shape index (κ1) is 15.9. The average Bonchev–Trinajstić information content (AvgIpc) is 3.25. The van der Waals surface area contributed by atoms with Gasteiger partial charge in [0.05, 0.1) is 10.4 Å². The highest BCUT2D eigenvalue weighted by Gasteiger charge is 2.13. The fourth-order valence-corrected chi connectivity index (χ4v) is 3.85. The number of thiophene rings is 1. The molecule has 0 saturated carbocycles. The molecular weight excluding hydrogens is 352 g/mol. The third-order valence-corrected chi connectivity index (χ3v) is 5.66. The maximum atomic E-state index is 12.6.